The van der Waals surface area contributed by atoms with E-state index in [0.29, 0.717) is 25.0 Å². The van der Waals surface area contributed by atoms with Crippen LogP contribution in [-0.4, -0.2) is 23.3 Å². The molecular weight excluding hydrogens is 440 g/mol. The molecule has 5 heteroatoms. The summed E-state index contributed by atoms with van der Waals surface area (Å²) < 4.78 is 10.5. The maximum absolute atomic E-state index is 12.3. The Morgan fingerprint density at radius 1 is 0.686 bits per heavy atom. The second-order valence-corrected chi connectivity index (χ2v) is 9.92. The van der Waals surface area contributed by atoms with Gasteiger partial charge in [-0.15, -0.1) is 0 Å². The third-order valence-corrected chi connectivity index (χ3v) is 6.32. The Morgan fingerprint density at radius 2 is 1.11 bits per heavy atom. The number of ether oxygens (including phenoxy) is 2. The fourth-order valence-electron chi connectivity index (χ4n) is 3.98. The van der Waals surface area contributed by atoms with Crippen molar-refractivity contribution in [3.05, 3.63) is 23.5 Å². The average molecular weight is 495 g/mol. The Morgan fingerprint density at radius 3 is 1.51 bits per heavy atom. The van der Waals surface area contributed by atoms with Crippen LogP contribution in [0.1, 0.15) is 150 Å². The standard InChI is InChI=1S/C30H54O5/c1-6-8-9-10-11-12-13-14-15-16-17-18-19-20-21-22-24-27(34-29(32)25(3)4)26(5)30(33)35-28(31)23-7-2/h28,31H,3,6-24H2,1-2,4-5H3/b27-26-. The molecule has 1 unspecified atom stereocenters. The molecule has 0 bridgehead atoms. The zero-order valence-electron chi connectivity index (χ0n) is 23.3. The third-order valence-electron chi connectivity index (χ3n) is 6.32. The average Bonchev–Trinajstić information content (AvgIpc) is 2.82. The Bertz CT molecular complexity index is 608. The predicted octanol–water partition coefficient (Wildman–Crippen LogP) is 8.69. The van der Waals surface area contributed by atoms with Crippen molar-refractivity contribution in [2.75, 3.05) is 0 Å². The van der Waals surface area contributed by atoms with Gasteiger partial charge in [-0.25, -0.2) is 9.59 Å². The fraction of sp³-hybridized carbons (Fsp3) is 0.800. The first-order valence-corrected chi connectivity index (χ1v) is 14.3. The van der Waals surface area contributed by atoms with Gasteiger partial charge < -0.3 is 14.6 Å². The number of aliphatic hydroxyl groups is 1. The van der Waals surface area contributed by atoms with Crippen LogP contribution in [0.3, 0.4) is 0 Å². The molecule has 0 aliphatic carbocycles. The van der Waals surface area contributed by atoms with E-state index in [1.54, 1.807) is 13.8 Å². The highest BCUT2D eigenvalue weighted by atomic mass is 16.6. The zero-order chi connectivity index (χ0) is 26.3. The molecule has 0 aliphatic heterocycles. The van der Waals surface area contributed by atoms with E-state index in [1.807, 2.05) is 6.92 Å². The van der Waals surface area contributed by atoms with Gasteiger partial charge in [-0.1, -0.05) is 123 Å². The van der Waals surface area contributed by atoms with Crippen molar-refractivity contribution in [1.29, 1.82) is 0 Å². The van der Waals surface area contributed by atoms with Gasteiger partial charge in [0.2, 0.25) is 6.29 Å². The van der Waals surface area contributed by atoms with E-state index < -0.39 is 18.2 Å². The first-order chi connectivity index (χ1) is 16.8. The van der Waals surface area contributed by atoms with Gasteiger partial charge in [0.1, 0.15) is 5.76 Å². The van der Waals surface area contributed by atoms with E-state index >= 15 is 0 Å². The molecule has 204 valence electrons. The lowest BCUT2D eigenvalue weighted by atomic mass is 10.0. The Hall–Kier alpha value is -1.62. The van der Waals surface area contributed by atoms with Crippen LogP contribution < -0.4 is 0 Å². The van der Waals surface area contributed by atoms with Crippen LogP contribution in [-0.2, 0) is 19.1 Å². The van der Waals surface area contributed by atoms with Crippen LogP contribution in [0.2, 0.25) is 0 Å². The van der Waals surface area contributed by atoms with Crippen molar-refractivity contribution in [2.45, 2.75) is 156 Å². The highest BCUT2D eigenvalue weighted by Crippen LogP contribution is 2.20. The van der Waals surface area contributed by atoms with Crippen LogP contribution in [0, 0.1) is 0 Å². The minimum atomic E-state index is -1.14. The fourth-order valence-corrected chi connectivity index (χ4v) is 3.98. The van der Waals surface area contributed by atoms with Crippen LogP contribution in [0.4, 0.5) is 0 Å². The molecule has 0 saturated carbocycles. The maximum Gasteiger partial charge on any atom is 0.339 e. The highest BCUT2D eigenvalue weighted by molar-refractivity contribution is 5.91. The molecule has 0 amide bonds. The Kier molecular flexibility index (Phi) is 21.8. The van der Waals surface area contributed by atoms with Gasteiger partial charge in [0.05, 0.1) is 5.57 Å². The van der Waals surface area contributed by atoms with E-state index in [2.05, 4.69) is 13.5 Å². The molecule has 0 rings (SSSR count). The number of hydrogen-bond acceptors (Lipinski definition) is 5. The minimum Gasteiger partial charge on any atom is -0.433 e. The molecular formula is C30H54O5. The summed E-state index contributed by atoms with van der Waals surface area (Å²) in [5.74, 6) is -0.873. The number of carbonyl (C=O) groups is 2. The largest absolute Gasteiger partial charge is 0.433 e. The zero-order valence-corrected chi connectivity index (χ0v) is 23.3. The summed E-state index contributed by atoms with van der Waals surface area (Å²) in [6.45, 7) is 10.9. The van der Waals surface area contributed by atoms with Crippen molar-refractivity contribution in [3.8, 4) is 0 Å². The number of unbranched alkanes of at least 4 members (excludes halogenated alkanes) is 15. The summed E-state index contributed by atoms with van der Waals surface area (Å²) in [5, 5.41) is 9.76. The highest BCUT2D eigenvalue weighted by Gasteiger charge is 2.19. The lowest BCUT2D eigenvalue weighted by molar-refractivity contribution is -0.164. The van der Waals surface area contributed by atoms with E-state index in [1.165, 1.54) is 83.5 Å². The van der Waals surface area contributed by atoms with Crippen molar-refractivity contribution >= 4 is 11.9 Å². The van der Waals surface area contributed by atoms with Gasteiger partial charge in [-0.3, -0.25) is 0 Å². The van der Waals surface area contributed by atoms with Gasteiger partial charge in [0.15, 0.2) is 0 Å². The second kappa shape index (κ2) is 22.8. The molecule has 1 atom stereocenters. The molecule has 0 aromatic carbocycles. The van der Waals surface area contributed by atoms with Gasteiger partial charge in [-0.05, 0) is 20.3 Å². The Balaban J connectivity index is 4.10. The SMILES string of the molecule is C=C(C)C(=O)O/C(CCCCCCCCCCCCCCCCCC)=C(/C)C(=O)OC(O)CCC. The predicted molar refractivity (Wildman–Crippen MR) is 145 cm³/mol. The number of rotatable bonds is 23. The van der Waals surface area contributed by atoms with Crippen LogP contribution >= 0.6 is 0 Å². The number of esters is 2. The van der Waals surface area contributed by atoms with Crippen LogP contribution in [0.25, 0.3) is 0 Å². The molecule has 0 radical (unpaired) electrons. The van der Waals surface area contributed by atoms with Gasteiger partial charge >= 0.3 is 11.9 Å². The lowest BCUT2D eigenvalue weighted by Gasteiger charge is -2.15. The maximum atomic E-state index is 12.3. The topological polar surface area (TPSA) is 72.8 Å². The first kappa shape index (κ1) is 33.4. The number of allylic oxidation sites excluding steroid dienone is 1. The summed E-state index contributed by atoms with van der Waals surface area (Å²) in [6.07, 6.45) is 21.0. The molecule has 1 N–H and O–H groups in total. The van der Waals surface area contributed by atoms with Crippen molar-refractivity contribution < 1.29 is 24.2 Å². The normalized spacial score (nSPS) is 12.7. The number of hydrogen-bond donors (Lipinski definition) is 1. The monoisotopic (exact) mass is 494 g/mol. The molecule has 0 aromatic rings. The molecule has 0 heterocycles. The molecule has 5 nitrogen and oxygen atoms in total. The van der Waals surface area contributed by atoms with E-state index in [0.717, 1.165) is 19.3 Å². The summed E-state index contributed by atoms with van der Waals surface area (Å²) >= 11 is 0. The molecule has 0 aromatic heterocycles. The molecule has 0 fully saturated rings. The van der Waals surface area contributed by atoms with E-state index in [4.69, 9.17) is 9.47 Å². The van der Waals surface area contributed by atoms with Gasteiger partial charge in [0, 0.05) is 18.4 Å². The van der Waals surface area contributed by atoms with E-state index in [9.17, 15) is 14.7 Å². The summed E-state index contributed by atoms with van der Waals surface area (Å²) in [5.41, 5.74) is 0.511. The third kappa shape index (κ3) is 19.3. The van der Waals surface area contributed by atoms with Crippen molar-refractivity contribution in [1.82, 2.24) is 0 Å². The van der Waals surface area contributed by atoms with E-state index in [-0.39, 0.29) is 11.1 Å². The Labute approximate surface area is 215 Å². The molecule has 35 heavy (non-hydrogen) atoms. The number of carbonyl (C=O) groups excluding carboxylic acids is 2. The van der Waals surface area contributed by atoms with Crippen LogP contribution in [0.5, 0.6) is 0 Å². The molecule has 0 aliphatic rings. The smallest absolute Gasteiger partial charge is 0.339 e. The molecule has 0 spiro atoms. The van der Waals surface area contributed by atoms with Gasteiger partial charge in [0.25, 0.3) is 0 Å². The minimum absolute atomic E-state index is 0.232. The summed E-state index contributed by atoms with van der Waals surface area (Å²) in [7, 11) is 0. The number of aliphatic hydroxyl groups excluding tert-OH is 1. The molecule has 0 saturated heterocycles. The van der Waals surface area contributed by atoms with Gasteiger partial charge in [-0.2, -0.15) is 0 Å². The summed E-state index contributed by atoms with van der Waals surface area (Å²) in [6, 6.07) is 0. The van der Waals surface area contributed by atoms with Crippen molar-refractivity contribution in [3.63, 3.8) is 0 Å². The van der Waals surface area contributed by atoms with Crippen molar-refractivity contribution in [2.24, 2.45) is 0 Å². The quantitative estimate of drug-likeness (QED) is 0.0505. The second-order valence-electron chi connectivity index (χ2n) is 9.92. The van der Waals surface area contributed by atoms with Crippen LogP contribution in [0.15, 0.2) is 23.5 Å². The lowest BCUT2D eigenvalue weighted by Crippen LogP contribution is -2.20. The first-order valence-electron chi connectivity index (χ1n) is 14.3. The summed E-state index contributed by atoms with van der Waals surface area (Å²) in [4.78, 5) is 24.4.